The monoisotopic (exact) mass is 368 g/mol. The largest absolute Gasteiger partial charge is 0.462 e. The fraction of sp³-hybridized carbons (Fsp3) is 0.316. The summed E-state index contributed by atoms with van der Waals surface area (Å²) in [5, 5.41) is 0.0355. The van der Waals surface area contributed by atoms with Crippen molar-refractivity contribution in [3.05, 3.63) is 56.9 Å². The van der Waals surface area contributed by atoms with E-state index >= 15 is 0 Å². The minimum atomic E-state index is -0.668. The fourth-order valence-electron chi connectivity index (χ4n) is 2.82. The molecule has 0 aliphatic heterocycles. The van der Waals surface area contributed by atoms with Gasteiger partial charge >= 0.3 is 11.7 Å². The van der Waals surface area contributed by atoms with E-state index in [1.807, 2.05) is 13.8 Å². The predicted octanol–water partition coefficient (Wildman–Crippen LogP) is 1.98. The first-order chi connectivity index (χ1) is 12.9. The summed E-state index contributed by atoms with van der Waals surface area (Å²) in [5.41, 5.74) is -0.132. The standard InChI is InChI=1S/C19H20N4O4/c1-4-27-18(25)12-9-14(13-7-5-6-8-20-13)21-16-15(12)17(24)22-19(26)23(16)10-11(2)3/h5-9,11H,4,10H2,1-3H3,(H,22,24,26). The molecule has 0 atom stereocenters. The number of H-pyrrole nitrogens is 1. The molecular formula is C19H20N4O4. The summed E-state index contributed by atoms with van der Waals surface area (Å²) in [5.74, 6) is -0.523. The van der Waals surface area contributed by atoms with Gasteiger partial charge in [-0.2, -0.15) is 0 Å². The van der Waals surface area contributed by atoms with Crippen LogP contribution >= 0.6 is 0 Å². The van der Waals surface area contributed by atoms with E-state index in [0.717, 1.165) is 0 Å². The smallest absolute Gasteiger partial charge is 0.339 e. The van der Waals surface area contributed by atoms with Crippen LogP contribution in [0.3, 0.4) is 0 Å². The zero-order valence-corrected chi connectivity index (χ0v) is 15.4. The maximum atomic E-state index is 12.5. The molecule has 0 saturated heterocycles. The maximum Gasteiger partial charge on any atom is 0.339 e. The van der Waals surface area contributed by atoms with Crippen LogP contribution in [0.4, 0.5) is 0 Å². The Morgan fingerprint density at radius 1 is 1.26 bits per heavy atom. The van der Waals surface area contributed by atoms with Gasteiger partial charge in [-0.15, -0.1) is 0 Å². The highest BCUT2D eigenvalue weighted by atomic mass is 16.5. The first-order valence-electron chi connectivity index (χ1n) is 8.68. The van der Waals surface area contributed by atoms with E-state index in [4.69, 9.17) is 4.74 Å². The number of nitrogens with zero attached hydrogens (tertiary/aromatic N) is 3. The van der Waals surface area contributed by atoms with Crippen molar-refractivity contribution in [1.29, 1.82) is 0 Å². The van der Waals surface area contributed by atoms with Crippen molar-refractivity contribution in [2.45, 2.75) is 27.3 Å². The normalized spacial score (nSPS) is 11.1. The van der Waals surface area contributed by atoms with Crippen molar-refractivity contribution in [1.82, 2.24) is 19.5 Å². The van der Waals surface area contributed by atoms with Crippen molar-refractivity contribution < 1.29 is 9.53 Å². The van der Waals surface area contributed by atoms with Crippen LogP contribution in [-0.4, -0.2) is 32.1 Å². The van der Waals surface area contributed by atoms with E-state index in [1.165, 1.54) is 10.6 Å². The third-order valence-electron chi connectivity index (χ3n) is 3.92. The van der Waals surface area contributed by atoms with Gasteiger partial charge in [-0.1, -0.05) is 19.9 Å². The minimum absolute atomic E-state index is 0.0355. The molecule has 0 radical (unpaired) electrons. The Labute approximate surface area is 154 Å². The molecular weight excluding hydrogens is 348 g/mol. The molecule has 0 aromatic carbocycles. The number of fused-ring (bicyclic) bond motifs is 1. The molecule has 8 heteroatoms. The van der Waals surface area contributed by atoms with Crippen molar-refractivity contribution in [2.24, 2.45) is 5.92 Å². The summed E-state index contributed by atoms with van der Waals surface area (Å²) in [6.07, 6.45) is 1.60. The molecule has 3 aromatic rings. The number of hydrogen-bond acceptors (Lipinski definition) is 6. The van der Waals surface area contributed by atoms with Gasteiger partial charge in [0.15, 0.2) is 5.65 Å². The van der Waals surface area contributed by atoms with Gasteiger partial charge in [0, 0.05) is 12.7 Å². The molecule has 27 heavy (non-hydrogen) atoms. The average Bonchev–Trinajstić information content (AvgIpc) is 2.64. The molecule has 0 saturated carbocycles. The summed E-state index contributed by atoms with van der Waals surface area (Å²) in [4.78, 5) is 48.4. The van der Waals surface area contributed by atoms with E-state index in [1.54, 1.807) is 31.3 Å². The molecule has 3 heterocycles. The van der Waals surface area contributed by atoms with Gasteiger partial charge < -0.3 is 4.74 Å². The number of pyridine rings is 2. The summed E-state index contributed by atoms with van der Waals surface area (Å²) in [6.45, 7) is 6.06. The highest BCUT2D eigenvalue weighted by molar-refractivity contribution is 6.03. The maximum absolute atomic E-state index is 12.5. The number of nitrogens with one attached hydrogen (secondary N) is 1. The molecule has 1 N–H and O–H groups in total. The summed E-state index contributed by atoms with van der Waals surface area (Å²) in [6, 6.07) is 6.76. The Morgan fingerprint density at radius 3 is 2.67 bits per heavy atom. The highest BCUT2D eigenvalue weighted by Crippen LogP contribution is 2.22. The van der Waals surface area contributed by atoms with Gasteiger partial charge in [-0.3, -0.25) is 19.3 Å². The van der Waals surface area contributed by atoms with Crippen molar-refractivity contribution >= 4 is 17.0 Å². The molecule has 0 fully saturated rings. The lowest BCUT2D eigenvalue weighted by atomic mass is 10.1. The first kappa shape index (κ1) is 18.5. The molecule has 0 unspecified atom stereocenters. The SMILES string of the molecule is CCOC(=O)c1cc(-c2ccccn2)nc2c1c(=O)[nH]c(=O)n2CC(C)C. The van der Waals surface area contributed by atoms with Crippen LogP contribution in [0.15, 0.2) is 40.1 Å². The second kappa shape index (κ2) is 7.53. The lowest BCUT2D eigenvalue weighted by molar-refractivity contribution is 0.0528. The molecule has 3 aromatic heterocycles. The number of aromatic amines is 1. The molecule has 0 amide bonds. The molecule has 0 spiro atoms. The van der Waals surface area contributed by atoms with Crippen molar-refractivity contribution in [2.75, 3.05) is 6.61 Å². The topological polar surface area (TPSA) is 107 Å². The Morgan fingerprint density at radius 2 is 2.04 bits per heavy atom. The summed E-state index contributed by atoms with van der Waals surface area (Å²) >= 11 is 0. The van der Waals surface area contributed by atoms with Crippen molar-refractivity contribution in [3.63, 3.8) is 0 Å². The Hall–Kier alpha value is -3.29. The number of ether oxygens (including phenoxy) is 1. The molecule has 140 valence electrons. The van der Waals surface area contributed by atoms with Crippen LogP contribution in [0.2, 0.25) is 0 Å². The zero-order chi connectivity index (χ0) is 19.6. The molecule has 0 aliphatic carbocycles. The Balaban J connectivity index is 2.42. The third-order valence-corrected chi connectivity index (χ3v) is 3.92. The number of aromatic nitrogens is 4. The van der Waals surface area contributed by atoms with Crippen LogP contribution in [-0.2, 0) is 11.3 Å². The van der Waals surface area contributed by atoms with Crippen LogP contribution in [0.5, 0.6) is 0 Å². The van der Waals surface area contributed by atoms with Crippen LogP contribution in [0.25, 0.3) is 22.4 Å². The second-order valence-corrected chi connectivity index (χ2v) is 6.45. The van der Waals surface area contributed by atoms with E-state index in [9.17, 15) is 14.4 Å². The Bertz CT molecular complexity index is 1100. The predicted molar refractivity (Wildman–Crippen MR) is 101 cm³/mol. The average molecular weight is 368 g/mol. The lowest BCUT2D eigenvalue weighted by Gasteiger charge is -2.14. The van der Waals surface area contributed by atoms with Crippen molar-refractivity contribution in [3.8, 4) is 11.4 Å². The molecule has 3 rings (SSSR count). The van der Waals surface area contributed by atoms with Gasteiger partial charge in [0.2, 0.25) is 0 Å². The van der Waals surface area contributed by atoms with Crippen LogP contribution in [0, 0.1) is 5.92 Å². The zero-order valence-electron chi connectivity index (χ0n) is 15.4. The van der Waals surface area contributed by atoms with Crippen LogP contribution in [0.1, 0.15) is 31.1 Å². The first-order valence-corrected chi connectivity index (χ1v) is 8.68. The molecule has 0 aliphatic rings. The quantitative estimate of drug-likeness (QED) is 0.690. The van der Waals surface area contributed by atoms with E-state index in [0.29, 0.717) is 17.9 Å². The second-order valence-electron chi connectivity index (χ2n) is 6.45. The van der Waals surface area contributed by atoms with E-state index in [-0.39, 0.29) is 29.1 Å². The number of hydrogen-bond donors (Lipinski definition) is 1. The van der Waals surface area contributed by atoms with Gasteiger partial charge in [-0.25, -0.2) is 14.6 Å². The lowest BCUT2D eigenvalue weighted by Crippen LogP contribution is -2.33. The van der Waals surface area contributed by atoms with Gasteiger partial charge in [0.1, 0.15) is 0 Å². The number of rotatable bonds is 5. The van der Waals surface area contributed by atoms with Crippen LogP contribution < -0.4 is 11.2 Å². The Kier molecular flexibility index (Phi) is 5.16. The minimum Gasteiger partial charge on any atom is -0.462 e. The number of carbonyl (C=O) groups is 1. The number of carbonyl (C=O) groups excluding carboxylic acids is 1. The summed E-state index contributed by atoms with van der Waals surface area (Å²) in [7, 11) is 0. The van der Waals surface area contributed by atoms with E-state index < -0.39 is 17.2 Å². The van der Waals surface area contributed by atoms with Gasteiger partial charge in [-0.05, 0) is 31.0 Å². The highest BCUT2D eigenvalue weighted by Gasteiger charge is 2.21. The summed E-state index contributed by atoms with van der Waals surface area (Å²) < 4.78 is 6.48. The van der Waals surface area contributed by atoms with Gasteiger partial charge in [0.05, 0.1) is 28.9 Å². The van der Waals surface area contributed by atoms with Gasteiger partial charge in [0.25, 0.3) is 5.56 Å². The molecule has 0 bridgehead atoms. The fourth-order valence-corrected chi connectivity index (χ4v) is 2.82. The molecule has 8 nitrogen and oxygen atoms in total. The number of esters is 1. The third kappa shape index (κ3) is 3.64. The van der Waals surface area contributed by atoms with E-state index in [2.05, 4.69) is 15.0 Å².